The second kappa shape index (κ2) is 11.0. The highest BCUT2D eigenvalue weighted by Gasteiger charge is 2.29. The highest BCUT2D eigenvalue weighted by Crippen LogP contribution is 2.33. The van der Waals surface area contributed by atoms with Crippen molar-refractivity contribution in [1.82, 2.24) is 0 Å². The van der Waals surface area contributed by atoms with E-state index in [-0.39, 0.29) is 12.0 Å². The third kappa shape index (κ3) is 4.99. The number of hydrogen-bond donors (Lipinski definition) is 0. The molecule has 2 atom stereocenters. The average Bonchev–Trinajstić information content (AvgIpc) is 2.93. The van der Waals surface area contributed by atoms with Crippen molar-refractivity contribution >= 4 is 28.7 Å². The van der Waals surface area contributed by atoms with E-state index in [4.69, 9.17) is 0 Å². The maximum atomic E-state index is 2.44. The summed E-state index contributed by atoms with van der Waals surface area (Å²) in [5.74, 6) is 0.276. The summed E-state index contributed by atoms with van der Waals surface area (Å²) in [4.78, 5) is 2.42. The molecule has 0 fully saturated rings. The molecule has 0 bridgehead atoms. The molecule has 37 heavy (non-hydrogen) atoms. The van der Waals surface area contributed by atoms with Crippen LogP contribution in [0.5, 0.6) is 0 Å². The summed E-state index contributed by atoms with van der Waals surface area (Å²) in [5, 5.41) is 1.27. The van der Waals surface area contributed by atoms with E-state index in [1.165, 1.54) is 39.1 Å². The van der Waals surface area contributed by atoms with Gasteiger partial charge in [-0.25, -0.2) is 0 Å². The van der Waals surface area contributed by atoms with E-state index in [0.717, 1.165) is 13.1 Å². The Bertz CT molecular complexity index is 1480. The molecule has 1 aliphatic heterocycles. The Hall–Kier alpha value is -3.98. The summed E-state index contributed by atoms with van der Waals surface area (Å²) < 4.78 is 4.76. The zero-order valence-corrected chi connectivity index (χ0v) is 22.4. The van der Waals surface area contributed by atoms with Crippen molar-refractivity contribution < 1.29 is 9.13 Å². The first kappa shape index (κ1) is 24.7. The molecular weight excluding hydrogens is 450 g/mol. The van der Waals surface area contributed by atoms with Crippen molar-refractivity contribution in [2.24, 2.45) is 5.92 Å². The molecule has 4 aromatic rings. The molecule has 186 valence electrons. The van der Waals surface area contributed by atoms with Crippen LogP contribution in [0, 0.1) is 5.92 Å². The smallest absolute Gasteiger partial charge is 0.212 e. The Morgan fingerprint density at radius 1 is 0.865 bits per heavy atom. The van der Waals surface area contributed by atoms with Gasteiger partial charge in [0.15, 0.2) is 18.4 Å². The Morgan fingerprint density at radius 2 is 1.62 bits per heavy atom. The minimum Gasteiger partial charge on any atom is -0.342 e. The second-order valence-corrected chi connectivity index (χ2v) is 9.80. The number of benzene rings is 2. The molecule has 5 rings (SSSR count). The number of likely N-dealkylation sites (N-methyl/N-ethyl adjacent to an activating group) is 1. The molecule has 3 heterocycles. The first-order valence-electron chi connectivity index (χ1n) is 13.4. The lowest BCUT2D eigenvalue weighted by Gasteiger charge is -2.30. The molecule has 0 saturated carbocycles. The van der Waals surface area contributed by atoms with Gasteiger partial charge in [0.25, 0.3) is 0 Å². The van der Waals surface area contributed by atoms with Crippen molar-refractivity contribution in [2.45, 2.75) is 40.3 Å². The van der Waals surface area contributed by atoms with Crippen LogP contribution in [0.15, 0.2) is 115 Å². The number of pyridine rings is 2. The van der Waals surface area contributed by atoms with Crippen LogP contribution in [0.4, 0.5) is 5.69 Å². The van der Waals surface area contributed by atoms with Crippen molar-refractivity contribution in [1.29, 1.82) is 0 Å². The predicted molar refractivity (Wildman–Crippen MR) is 155 cm³/mol. The summed E-state index contributed by atoms with van der Waals surface area (Å²) in [6.45, 7) is 10.9. The lowest BCUT2D eigenvalue weighted by atomic mass is 9.92. The average molecular weight is 488 g/mol. The molecule has 2 unspecified atom stereocenters. The first-order chi connectivity index (χ1) is 18.1. The summed E-state index contributed by atoms with van der Waals surface area (Å²) in [6, 6.07) is 28.3. The second-order valence-electron chi connectivity index (χ2n) is 9.80. The monoisotopic (exact) mass is 487 g/mol. The van der Waals surface area contributed by atoms with Gasteiger partial charge in [-0.1, -0.05) is 55.5 Å². The van der Waals surface area contributed by atoms with Gasteiger partial charge in [0.05, 0.1) is 0 Å². The van der Waals surface area contributed by atoms with Crippen molar-refractivity contribution in [3.63, 3.8) is 0 Å². The number of fused-ring (bicyclic) bond motifs is 2. The van der Waals surface area contributed by atoms with Gasteiger partial charge >= 0.3 is 0 Å². The lowest BCUT2D eigenvalue weighted by molar-refractivity contribution is -0.719. The van der Waals surface area contributed by atoms with Crippen molar-refractivity contribution in [2.75, 3.05) is 11.4 Å². The molecule has 2 aromatic heterocycles. The first-order valence-corrected chi connectivity index (χ1v) is 13.4. The van der Waals surface area contributed by atoms with Crippen LogP contribution in [0.25, 0.3) is 23.1 Å². The summed E-state index contributed by atoms with van der Waals surface area (Å²) in [7, 11) is 0. The van der Waals surface area contributed by atoms with Crippen LogP contribution >= 0.6 is 0 Å². The van der Waals surface area contributed by atoms with Crippen LogP contribution in [0.2, 0.25) is 0 Å². The number of para-hydroxylation sites is 2. The molecule has 0 radical (unpaired) electrons. The van der Waals surface area contributed by atoms with Crippen LogP contribution in [0.1, 0.15) is 45.0 Å². The number of nitrogens with zero attached hydrogens (tertiary/aromatic N) is 3. The molecule has 3 nitrogen and oxygen atoms in total. The molecule has 0 amide bonds. The fraction of sp³-hybridized carbons (Fsp3) is 0.235. The Morgan fingerprint density at radius 3 is 2.41 bits per heavy atom. The predicted octanol–water partition coefficient (Wildman–Crippen LogP) is 7.15. The summed E-state index contributed by atoms with van der Waals surface area (Å²) in [6.07, 6.45) is 13.7. The van der Waals surface area contributed by atoms with Crippen LogP contribution in [0.3, 0.4) is 0 Å². The zero-order valence-electron chi connectivity index (χ0n) is 22.4. The Balaban J connectivity index is 1.56. The van der Waals surface area contributed by atoms with Crippen LogP contribution < -0.4 is 14.0 Å². The molecule has 0 aliphatic carbocycles. The third-order valence-corrected chi connectivity index (χ3v) is 7.41. The normalized spacial score (nSPS) is 16.2. The Labute approximate surface area is 221 Å². The standard InChI is InChI=1S/C34H37N3/c1-5-36-30(20-18-28-14-8-10-16-32(28)36)24-26(3)34(35-22-12-7-13-23-35)27(4)25-31-21-19-29-15-9-11-17-33(29)37(31)6-2/h7-26,34H,5-6H2,1-4H3/q+2/b27-25+,30-24-. The van der Waals surface area contributed by atoms with Gasteiger partial charge in [-0.3, -0.25) is 0 Å². The van der Waals surface area contributed by atoms with Gasteiger partial charge in [0.1, 0.15) is 6.54 Å². The van der Waals surface area contributed by atoms with E-state index < -0.39 is 0 Å². The van der Waals surface area contributed by atoms with Gasteiger partial charge in [0, 0.05) is 65.1 Å². The zero-order chi connectivity index (χ0) is 25.8. The number of anilines is 1. The minimum atomic E-state index is 0.190. The van der Waals surface area contributed by atoms with E-state index in [9.17, 15) is 0 Å². The SMILES string of the molecule is CCN1/C(=C\C(C)C(/C(C)=C/c2ccc3ccccc3[n+]2CC)[n+]2ccccc2)C=Cc2ccccc21. The van der Waals surface area contributed by atoms with Gasteiger partial charge in [-0.2, -0.15) is 9.13 Å². The summed E-state index contributed by atoms with van der Waals surface area (Å²) >= 11 is 0. The Kier molecular flexibility index (Phi) is 7.32. The molecule has 1 aliphatic rings. The molecular formula is C34H37N3+2. The molecule has 0 saturated heterocycles. The van der Waals surface area contributed by atoms with E-state index in [2.05, 4.69) is 157 Å². The molecule has 2 aromatic carbocycles. The highest BCUT2D eigenvalue weighted by molar-refractivity contribution is 5.77. The van der Waals surface area contributed by atoms with Gasteiger partial charge < -0.3 is 4.90 Å². The maximum absolute atomic E-state index is 2.44. The quantitative estimate of drug-likeness (QED) is 0.252. The number of aromatic nitrogens is 2. The minimum absolute atomic E-state index is 0.190. The highest BCUT2D eigenvalue weighted by atomic mass is 15.1. The number of hydrogen-bond acceptors (Lipinski definition) is 1. The molecule has 3 heteroatoms. The number of rotatable bonds is 7. The van der Waals surface area contributed by atoms with E-state index in [0.29, 0.717) is 0 Å². The topological polar surface area (TPSA) is 11.0 Å². The molecule has 0 N–H and O–H groups in total. The maximum Gasteiger partial charge on any atom is 0.212 e. The molecule has 0 spiro atoms. The lowest BCUT2D eigenvalue weighted by Crippen LogP contribution is -2.43. The van der Waals surface area contributed by atoms with Gasteiger partial charge in [0.2, 0.25) is 11.2 Å². The van der Waals surface area contributed by atoms with Crippen molar-refractivity contribution in [3.8, 4) is 0 Å². The fourth-order valence-corrected chi connectivity index (χ4v) is 5.73. The number of aryl methyl sites for hydroxylation is 1. The largest absolute Gasteiger partial charge is 0.342 e. The third-order valence-electron chi connectivity index (χ3n) is 7.41. The van der Waals surface area contributed by atoms with E-state index in [1.807, 2.05) is 0 Å². The van der Waals surface area contributed by atoms with Crippen molar-refractivity contribution in [3.05, 3.63) is 126 Å². The number of allylic oxidation sites excluding steroid dienone is 3. The van der Waals surface area contributed by atoms with Gasteiger partial charge in [-0.15, -0.1) is 0 Å². The van der Waals surface area contributed by atoms with E-state index >= 15 is 0 Å². The summed E-state index contributed by atoms with van der Waals surface area (Å²) in [5.41, 5.74) is 7.66. The van der Waals surface area contributed by atoms with Gasteiger partial charge in [-0.05, 0) is 50.6 Å². The van der Waals surface area contributed by atoms with Crippen LogP contribution in [-0.2, 0) is 6.54 Å². The fourth-order valence-electron chi connectivity index (χ4n) is 5.73. The van der Waals surface area contributed by atoms with Crippen LogP contribution in [-0.4, -0.2) is 6.54 Å². The van der Waals surface area contributed by atoms with E-state index in [1.54, 1.807) is 0 Å².